The van der Waals surface area contributed by atoms with Gasteiger partial charge in [0.2, 0.25) is 0 Å². The number of ether oxygens (including phenoxy) is 2. The first-order chi connectivity index (χ1) is 11.7. The van der Waals surface area contributed by atoms with Crippen molar-refractivity contribution in [3.8, 4) is 5.75 Å². The number of rotatable bonds is 9. The molecule has 0 radical (unpaired) electrons. The van der Waals surface area contributed by atoms with E-state index in [2.05, 4.69) is 48.0 Å². The first-order valence-electron chi connectivity index (χ1n) is 8.45. The van der Waals surface area contributed by atoms with E-state index in [0.29, 0.717) is 12.6 Å². The number of hydrogen-bond acceptors (Lipinski definition) is 4. The monoisotopic (exact) mass is 328 g/mol. The third kappa shape index (κ3) is 5.05. The summed E-state index contributed by atoms with van der Waals surface area (Å²) in [5.74, 6) is 0.879. The lowest BCUT2D eigenvalue weighted by Crippen LogP contribution is -2.31. The molecule has 1 aromatic carbocycles. The third-order valence-corrected chi connectivity index (χ3v) is 4.38. The van der Waals surface area contributed by atoms with Crippen molar-refractivity contribution in [3.63, 3.8) is 0 Å². The van der Waals surface area contributed by atoms with Crippen molar-refractivity contribution < 1.29 is 9.47 Å². The largest absolute Gasteiger partial charge is 0.496 e. The second-order valence-electron chi connectivity index (χ2n) is 6.10. The van der Waals surface area contributed by atoms with Crippen LogP contribution in [0.1, 0.15) is 37.0 Å². The van der Waals surface area contributed by atoms with E-state index in [-0.39, 0.29) is 0 Å². The van der Waals surface area contributed by atoms with Crippen LogP contribution in [0.15, 0.2) is 42.7 Å². The number of hydrogen-bond donors (Lipinski definition) is 0. The van der Waals surface area contributed by atoms with Crippen LogP contribution in [-0.2, 0) is 24.4 Å². The van der Waals surface area contributed by atoms with Crippen molar-refractivity contribution in [1.29, 1.82) is 0 Å². The number of nitrogens with zero attached hydrogens (tertiary/aromatic N) is 2. The lowest BCUT2D eigenvalue weighted by atomic mass is 10.1. The van der Waals surface area contributed by atoms with Gasteiger partial charge in [0, 0.05) is 44.2 Å². The number of benzene rings is 1. The quantitative estimate of drug-likeness (QED) is 0.696. The highest BCUT2D eigenvalue weighted by Gasteiger charge is 2.14. The van der Waals surface area contributed by atoms with Crippen LogP contribution in [0.25, 0.3) is 0 Å². The molecule has 0 amide bonds. The van der Waals surface area contributed by atoms with Gasteiger partial charge in [0.05, 0.1) is 13.7 Å². The van der Waals surface area contributed by atoms with Gasteiger partial charge in [-0.3, -0.25) is 9.88 Å². The standard InChI is InChI=1S/C20H28N2O2/c1-5-16(2)22(13-17-8-10-21-11-9-17)14-18-6-7-20(24-4)19(12-18)15-23-3/h6-12,16H,5,13-15H2,1-4H3/t16-/m0/s1. The molecule has 24 heavy (non-hydrogen) atoms. The fraction of sp³-hybridized carbons (Fsp3) is 0.450. The van der Waals surface area contributed by atoms with E-state index in [0.717, 1.165) is 30.8 Å². The first kappa shape index (κ1) is 18.4. The Balaban J connectivity index is 2.18. The fourth-order valence-corrected chi connectivity index (χ4v) is 2.78. The zero-order valence-electron chi connectivity index (χ0n) is 15.2. The summed E-state index contributed by atoms with van der Waals surface area (Å²) >= 11 is 0. The summed E-state index contributed by atoms with van der Waals surface area (Å²) in [7, 11) is 3.41. The van der Waals surface area contributed by atoms with E-state index in [1.54, 1.807) is 14.2 Å². The Labute approximate surface area is 145 Å². The molecule has 0 saturated carbocycles. The molecule has 2 rings (SSSR count). The van der Waals surface area contributed by atoms with Crippen LogP contribution in [0.3, 0.4) is 0 Å². The first-order valence-corrected chi connectivity index (χ1v) is 8.45. The molecule has 0 aliphatic heterocycles. The molecule has 2 aromatic rings. The highest BCUT2D eigenvalue weighted by Crippen LogP contribution is 2.23. The summed E-state index contributed by atoms with van der Waals surface area (Å²) < 4.78 is 10.7. The van der Waals surface area contributed by atoms with Crippen LogP contribution in [0.2, 0.25) is 0 Å². The molecule has 0 fully saturated rings. The Bertz CT molecular complexity index is 616. The van der Waals surface area contributed by atoms with Gasteiger partial charge in [-0.15, -0.1) is 0 Å². The molecule has 0 bridgehead atoms. The van der Waals surface area contributed by atoms with E-state index < -0.39 is 0 Å². The Hall–Kier alpha value is -1.91. The predicted molar refractivity (Wildman–Crippen MR) is 96.9 cm³/mol. The topological polar surface area (TPSA) is 34.6 Å². The Kier molecular flexibility index (Phi) is 7.22. The van der Waals surface area contributed by atoms with Crippen molar-refractivity contribution in [2.45, 2.75) is 46.0 Å². The highest BCUT2D eigenvalue weighted by atomic mass is 16.5. The summed E-state index contributed by atoms with van der Waals surface area (Å²) in [6.45, 7) is 6.89. The number of methoxy groups -OCH3 is 2. The normalized spacial score (nSPS) is 12.4. The molecule has 130 valence electrons. The zero-order chi connectivity index (χ0) is 17.4. The van der Waals surface area contributed by atoms with Gasteiger partial charge in [-0.25, -0.2) is 0 Å². The average molecular weight is 328 g/mol. The lowest BCUT2D eigenvalue weighted by molar-refractivity contribution is 0.179. The molecule has 1 aromatic heterocycles. The average Bonchev–Trinajstić information content (AvgIpc) is 2.62. The van der Waals surface area contributed by atoms with E-state index >= 15 is 0 Å². The van der Waals surface area contributed by atoms with Gasteiger partial charge in [-0.1, -0.05) is 13.0 Å². The van der Waals surface area contributed by atoms with Crippen molar-refractivity contribution in [1.82, 2.24) is 9.88 Å². The Morgan fingerprint density at radius 3 is 2.38 bits per heavy atom. The molecule has 0 unspecified atom stereocenters. The van der Waals surface area contributed by atoms with E-state index in [9.17, 15) is 0 Å². The summed E-state index contributed by atoms with van der Waals surface area (Å²) in [6.07, 6.45) is 4.83. The Morgan fingerprint density at radius 2 is 1.75 bits per heavy atom. The highest BCUT2D eigenvalue weighted by molar-refractivity contribution is 5.37. The molecule has 4 heteroatoms. The van der Waals surface area contributed by atoms with Gasteiger partial charge in [0.1, 0.15) is 5.75 Å². The lowest BCUT2D eigenvalue weighted by Gasteiger charge is -2.29. The number of aromatic nitrogens is 1. The predicted octanol–water partition coefficient (Wildman–Crippen LogP) is 4.04. The van der Waals surface area contributed by atoms with Gasteiger partial charge in [-0.2, -0.15) is 0 Å². The maximum atomic E-state index is 5.42. The van der Waals surface area contributed by atoms with E-state index in [4.69, 9.17) is 9.47 Å². The smallest absolute Gasteiger partial charge is 0.124 e. The molecule has 4 nitrogen and oxygen atoms in total. The molecular weight excluding hydrogens is 300 g/mol. The van der Waals surface area contributed by atoms with Gasteiger partial charge < -0.3 is 9.47 Å². The molecule has 0 aliphatic rings. The maximum absolute atomic E-state index is 5.42. The van der Waals surface area contributed by atoms with Crippen molar-refractivity contribution in [3.05, 3.63) is 59.4 Å². The fourth-order valence-electron chi connectivity index (χ4n) is 2.78. The molecule has 0 N–H and O–H groups in total. The van der Waals surface area contributed by atoms with Crippen LogP contribution in [0.5, 0.6) is 5.75 Å². The minimum absolute atomic E-state index is 0.506. The van der Waals surface area contributed by atoms with E-state index in [1.807, 2.05) is 18.5 Å². The van der Waals surface area contributed by atoms with Crippen molar-refractivity contribution in [2.24, 2.45) is 0 Å². The van der Waals surface area contributed by atoms with Gasteiger partial charge in [0.15, 0.2) is 0 Å². The maximum Gasteiger partial charge on any atom is 0.124 e. The van der Waals surface area contributed by atoms with Gasteiger partial charge in [-0.05, 0) is 48.7 Å². The Morgan fingerprint density at radius 1 is 1.04 bits per heavy atom. The zero-order valence-corrected chi connectivity index (χ0v) is 15.2. The van der Waals surface area contributed by atoms with E-state index in [1.165, 1.54) is 11.1 Å². The van der Waals surface area contributed by atoms with Crippen LogP contribution < -0.4 is 4.74 Å². The SMILES string of the molecule is CC[C@H](C)N(Cc1ccncc1)Cc1ccc(OC)c(COC)c1. The van der Waals surface area contributed by atoms with Crippen LogP contribution in [0, 0.1) is 0 Å². The number of pyridine rings is 1. The summed E-state index contributed by atoms with van der Waals surface area (Å²) in [5, 5.41) is 0. The van der Waals surface area contributed by atoms with Crippen molar-refractivity contribution >= 4 is 0 Å². The molecule has 1 heterocycles. The minimum atomic E-state index is 0.506. The summed E-state index contributed by atoms with van der Waals surface area (Å²) in [5.41, 5.74) is 3.65. The summed E-state index contributed by atoms with van der Waals surface area (Å²) in [4.78, 5) is 6.60. The molecule has 1 atom stereocenters. The van der Waals surface area contributed by atoms with Crippen LogP contribution >= 0.6 is 0 Å². The van der Waals surface area contributed by atoms with Crippen LogP contribution in [0.4, 0.5) is 0 Å². The van der Waals surface area contributed by atoms with Crippen molar-refractivity contribution in [2.75, 3.05) is 14.2 Å². The van der Waals surface area contributed by atoms with Gasteiger partial charge in [0.25, 0.3) is 0 Å². The second-order valence-corrected chi connectivity index (χ2v) is 6.10. The molecule has 0 spiro atoms. The van der Waals surface area contributed by atoms with Gasteiger partial charge >= 0.3 is 0 Å². The second kappa shape index (κ2) is 9.40. The van der Waals surface area contributed by atoms with Crippen LogP contribution in [-0.4, -0.2) is 30.1 Å². The summed E-state index contributed by atoms with van der Waals surface area (Å²) in [6, 6.07) is 11.0. The molecule has 0 aliphatic carbocycles. The molecule has 0 saturated heterocycles. The third-order valence-electron chi connectivity index (χ3n) is 4.38. The minimum Gasteiger partial charge on any atom is -0.496 e. The molecular formula is C20H28N2O2.